The minimum atomic E-state index is -0.925. The first-order chi connectivity index (χ1) is 16.1. The van der Waals surface area contributed by atoms with Gasteiger partial charge in [-0.2, -0.15) is 0 Å². The molecule has 0 spiro atoms. The van der Waals surface area contributed by atoms with Crippen molar-refractivity contribution in [2.45, 2.75) is 70.7 Å². The highest BCUT2D eigenvalue weighted by atomic mass is 16.6. The third kappa shape index (κ3) is 6.35. The molecule has 1 fully saturated rings. The second-order valence-corrected chi connectivity index (χ2v) is 8.58. The topological polar surface area (TPSA) is 70.1 Å². The van der Waals surface area contributed by atoms with Gasteiger partial charge in [0.25, 0.3) is 0 Å². The van der Waals surface area contributed by atoms with Crippen molar-refractivity contribution in [3.05, 3.63) is 71.8 Å². The molecule has 1 N–H and O–H groups in total. The van der Waals surface area contributed by atoms with Crippen LogP contribution < -0.4 is 0 Å². The van der Waals surface area contributed by atoms with Crippen LogP contribution in [0.15, 0.2) is 60.7 Å². The molecule has 0 radical (unpaired) electrons. The van der Waals surface area contributed by atoms with E-state index in [0.717, 1.165) is 36.8 Å². The maximum Gasteiger partial charge on any atom is 0.410 e. The van der Waals surface area contributed by atoms with Gasteiger partial charge in [0.15, 0.2) is 0 Å². The van der Waals surface area contributed by atoms with E-state index in [-0.39, 0.29) is 18.6 Å². The molecule has 33 heavy (non-hydrogen) atoms. The van der Waals surface area contributed by atoms with E-state index in [0.29, 0.717) is 19.5 Å². The molecule has 0 saturated carbocycles. The minimum absolute atomic E-state index is 0.0924. The predicted molar refractivity (Wildman–Crippen MR) is 128 cm³/mol. The van der Waals surface area contributed by atoms with Gasteiger partial charge in [-0.25, -0.2) is 4.79 Å². The van der Waals surface area contributed by atoms with Crippen LogP contribution in [0.3, 0.4) is 0 Å². The molecule has 0 aliphatic carbocycles. The number of likely N-dealkylation sites (N-methyl/N-ethyl adjacent to an activating group) is 1. The fourth-order valence-corrected chi connectivity index (χ4v) is 4.55. The summed E-state index contributed by atoms with van der Waals surface area (Å²) in [7, 11) is 0. The van der Waals surface area contributed by atoms with E-state index in [1.54, 1.807) is 0 Å². The number of aliphatic hydroxyl groups excluding tert-OH is 1. The van der Waals surface area contributed by atoms with E-state index >= 15 is 0 Å². The number of benzene rings is 2. The molecule has 1 aliphatic rings. The number of rotatable bonds is 10. The standard InChI is InChI=1S/C27H36N2O4/c1-3-5-8-17-23(22-15-11-7-12-16-22)28(4-2)26(31)25-24(30)18-19-29(25)27(32)33-20-21-13-9-6-10-14-21/h6-7,9-16,23-25,30H,3-5,8,17-20H2,1-2H3/t23?,24?,25-/m0/s1. The van der Waals surface area contributed by atoms with Crippen molar-refractivity contribution in [3.8, 4) is 0 Å². The number of hydrogen-bond donors (Lipinski definition) is 1. The molecule has 1 saturated heterocycles. The number of carbonyl (C=O) groups is 2. The predicted octanol–water partition coefficient (Wildman–Crippen LogP) is 4.93. The van der Waals surface area contributed by atoms with Crippen molar-refractivity contribution in [1.82, 2.24) is 9.80 Å². The van der Waals surface area contributed by atoms with Crippen LogP contribution in [0.4, 0.5) is 4.79 Å². The zero-order chi connectivity index (χ0) is 23.6. The molecule has 1 aliphatic heterocycles. The average molecular weight is 453 g/mol. The Morgan fingerprint density at radius 1 is 1.06 bits per heavy atom. The smallest absolute Gasteiger partial charge is 0.410 e. The van der Waals surface area contributed by atoms with Crippen LogP contribution in [0, 0.1) is 0 Å². The van der Waals surface area contributed by atoms with Crippen molar-refractivity contribution < 1.29 is 19.4 Å². The Bertz CT molecular complexity index is 874. The van der Waals surface area contributed by atoms with Gasteiger partial charge in [-0.05, 0) is 30.9 Å². The Hall–Kier alpha value is -2.86. The van der Waals surface area contributed by atoms with E-state index < -0.39 is 18.2 Å². The van der Waals surface area contributed by atoms with Crippen LogP contribution in [-0.2, 0) is 16.1 Å². The van der Waals surface area contributed by atoms with E-state index in [4.69, 9.17) is 4.74 Å². The Morgan fingerprint density at radius 3 is 2.36 bits per heavy atom. The van der Waals surface area contributed by atoms with Crippen LogP contribution in [0.2, 0.25) is 0 Å². The summed E-state index contributed by atoms with van der Waals surface area (Å²) < 4.78 is 5.48. The molecule has 2 aromatic rings. The number of carbonyl (C=O) groups excluding carboxylic acids is 2. The first-order valence-electron chi connectivity index (χ1n) is 12.1. The molecule has 2 amide bonds. The van der Waals surface area contributed by atoms with Crippen LogP contribution >= 0.6 is 0 Å². The lowest BCUT2D eigenvalue weighted by Gasteiger charge is -2.36. The zero-order valence-electron chi connectivity index (χ0n) is 19.7. The van der Waals surface area contributed by atoms with Crippen LogP contribution in [0.5, 0.6) is 0 Å². The summed E-state index contributed by atoms with van der Waals surface area (Å²) in [5.74, 6) is -0.218. The van der Waals surface area contributed by atoms with Gasteiger partial charge in [0.2, 0.25) is 5.91 Å². The van der Waals surface area contributed by atoms with Gasteiger partial charge < -0.3 is 14.7 Å². The number of likely N-dealkylation sites (tertiary alicyclic amines) is 1. The molecular formula is C27H36N2O4. The Labute approximate surface area is 197 Å². The molecule has 6 nitrogen and oxygen atoms in total. The zero-order valence-corrected chi connectivity index (χ0v) is 19.7. The van der Waals surface area contributed by atoms with Gasteiger partial charge in [0, 0.05) is 13.1 Å². The first-order valence-corrected chi connectivity index (χ1v) is 12.1. The Balaban J connectivity index is 1.76. The summed E-state index contributed by atoms with van der Waals surface area (Å²) in [6.07, 6.45) is 2.95. The molecule has 6 heteroatoms. The summed E-state index contributed by atoms with van der Waals surface area (Å²) in [6.45, 7) is 5.05. The molecule has 0 aromatic heterocycles. The normalized spacial score (nSPS) is 18.7. The molecule has 3 rings (SSSR count). The van der Waals surface area contributed by atoms with Gasteiger partial charge in [0.1, 0.15) is 12.6 Å². The maximum atomic E-state index is 13.7. The Kier molecular flexibility index (Phi) is 9.31. The second kappa shape index (κ2) is 12.4. The molecule has 0 bridgehead atoms. The number of aliphatic hydroxyl groups is 1. The molecule has 2 aromatic carbocycles. The second-order valence-electron chi connectivity index (χ2n) is 8.58. The van der Waals surface area contributed by atoms with Crippen LogP contribution in [0.25, 0.3) is 0 Å². The number of nitrogens with zero attached hydrogens (tertiary/aromatic N) is 2. The van der Waals surface area contributed by atoms with Crippen molar-refractivity contribution in [2.75, 3.05) is 13.1 Å². The molecule has 1 heterocycles. The summed E-state index contributed by atoms with van der Waals surface area (Å²) in [4.78, 5) is 29.8. The lowest BCUT2D eigenvalue weighted by molar-refractivity contribution is -0.140. The fourth-order valence-electron chi connectivity index (χ4n) is 4.55. The van der Waals surface area contributed by atoms with Crippen molar-refractivity contribution in [2.24, 2.45) is 0 Å². The lowest BCUT2D eigenvalue weighted by Crippen LogP contribution is -2.52. The van der Waals surface area contributed by atoms with Gasteiger partial charge >= 0.3 is 6.09 Å². The summed E-state index contributed by atoms with van der Waals surface area (Å²) in [5.41, 5.74) is 1.96. The number of ether oxygens (including phenoxy) is 1. The van der Waals surface area contributed by atoms with Gasteiger partial charge in [-0.1, -0.05) is 86.8 Å². The minimum Gasteiger partial charge on any atom is -0.445 e. The molecule has 2 unspecified atom stereocenters. The SMILES string of the molecule is CCCCCC(c1ccccc1)N(CC)C(=O)[C@@H]1C(O)CCN1C(=O)OCc1ccccc1. The van der Waals surface area contributed by atoms with Gasteiger partial charge in [-0.15, -0.1) is 0 Å². The van der Waals surface area contributed by atoms with E-state index in [9.17, 15) is 14.7 Å². The Morgan fingerprint density at radius 2 is 1.73 bits per heavy atom. The molecular weight excluding hydrogens is 416 g/mol. The summed E-state index contributed by atoms with van der Waals surface area (Å²) >= 11 is 0. The van der Waals surface area contributed by atoms with Gasteiger partial charge in [-0.3, -0.25) is 9.69 Å². The quantitative estimate of drug-likeness (QED) is 0.519. The largest absolute Gasteiger partial charge is 0.445 e. The van der Waals surface area contributed by atoms with Crippen molar-refractivity contribution in [1.29, 1.82) is 0 Å². The third-order valence-electron chi connectivity index (χ3n) is 6.32. The molecule has 3 atom stereocenters. The van der Waals surface area contributed by atoms with Crippen molar-refractivity contribution in [3.63, 3.8) is 0 Å². The van der Waals surface area contributed by atoms with Crippen LogP contribution in [-0.4, -0.2) is 52.1 Å². The monoisotopic (exact) mass is 452 g/mol. The first kappa shape index (κ1) is 24.8. The average Bonchev–Trinajstić information content (AvgIpc) is 3.24. The highest BCUT2D eigenvalue weighted by Gasteiger charge is 2.44. The maximum absolute atomic E-state index is 13.7. The van der Waals surface area contributed by atoms with Gasteiger partial charge in [0.05, 0.1) is 12.1 Å². The fraction of sp³-hybridized carbons (Fsp3) is 0.481. The molecule has 178 valence electrons. The third-order valence-corrected chi connectivity index (χ3v) is 6.32. The number of amides is 2. The highest BCUT2D eigenvalue weighted by Crippen LogP contribution is 2.30. The van der Waals surface area contributed by atoms with E-state index in [1.807, 2.05) is 72.5 Å². The van der Waals surface area contributed by atoms with Crippen molar-refractivity contribution >= 4 is 12.0 Å². The number of unbranched alkanes of at least 4 members (excludes halogenated alkanes) is 2. The van der Waals surface area contributed by atoms with E-state index in [2.05, 4.69) is 6.92 Å². The van der Waals surface area contributed by atoms with E-state index in [1.165, 1.54) is 4.90 Å². The number of hydrogen-bond acceptors (Lipinski definition) is 4. The highest BCUT2D eigenvalue weighted by molar-refractivity contribution is 5.87. The lowest BCUT2D eigenvalue weighted by atomic mass is 9.97. The summed E-state index contributed by atoms with van der Waals surface area (Å²) in [6, 6.07) is 18.4. The summed E-state index contributed by atoms with van der Waals surface area (Å²) in [5, 5.41) is 10.7. The van der Waals surface area contributed by atoms with Crippen LogP contribution in [0.1, 0.15) is 63.1 Å².